The van der Waals surface area contributed by atoms with E-state index in [1.807, 2.05) is 0 Å². The largest absolute Gasteiger partial charge is 0.312 e. The second-order valence-corrected chi connectivity index (χ2v) is 4.31. The van der Waals surface area contributed by atoms with Crippen LogP contribution in [-0.2, 0) is 13.0 Å². The highest BCUT2D eigenvalue weighted by atomic mass is 15.1. The zero-order chi connectivity index (χ0) is 8.84. The minimum Gasteiger partial charge on any atom is -0.312 e. The van der Waals surface area contributed by atoms with Crippen molar-refractivity contribution < 1.29 is 0 Å². The van der Waals surface area contributed by atoms with E-state index in [1.54, 1.807) is 0 Å². The van der Waals surface area contributed by atoms with E-state index in [2.05, 4.69) is 22.4 Å². The molecule has 1 aliphatic carbocycles. The second kappa shape index (κ2) is 2.58. The molecule has 13 heavy (non-hydrogen) atoms. The van der Waals surface area contributed by atoms with Crippen LogP contribution in [0.4, 0.5) is 0 Å². The first-order valence-corrected chi connectivity index (χ1v) is 5.13. The summed E-state index contributed by atoms with van der Waals surface area (Å²) in [5.74, 6) is 1.61. The Labute approximate surface area is 77.9 Å². The SMILES string of the molecule is CC1CC1c1n[nH]c2c1CNCC2. The maximum atomic E-state index is 4.45. The third-order valence-corrected chi connectivity index (χ3v) is 3.30. The first kappa shape index (κ1) is 7.56. The molecule has 1 fully saturated rings. The van der Waals surface area contributed by atoms with Gasteiger partial charge in [0.2, 0.25) is 0 Å². The molecule has 2 N–H and O–H groups in total. The van der Waals surface area contributed by atoms with Crippen LogP contribution in [0.5, 0.6) is 0 Å². The maximum absolute atomic E-state index is 4.45. The Bertz CT molecular complexity index is 329. The van der Waals surface area contributed by atoms with Crippen LogP contribution >= 0.6 is 0 Å². The molecule has 0 bridgehead atoms. The predicted octanol–water partition coefficient (Wildman–Crippen LogP) is 1.18. The van der Waals surface area contributed by atoms with Crippen molar-refractivity contribution in [1.29, 1.82) is 0 Å². The summed E-state index contributed by atoms with van der Waals surface area (Å²) in [5, 5.41) is 11.0. The summed E-state index contributed by atoms with van der Waals surface area (Å²) in [6.07, 6.45) is 2.45. The normalized spacial score (nSPS) is 31.5. The van der Waals surface area contributed by atoms with Crippen LogP contribution in [0.2, 0.25) is 0 Å². The molecular weight excluding hydrogens is 162 g/mol. The predicted molar refractivity (Wildman–Crippen MR) is 50.5 cm³/mol. The van der Waals surface area contributed by atoms with Gasteiger partial charge < -0.3 is 5.32 Å². The smallest absolute Gasteiger partial charge is 0.0703 e. The van der Waals surface area contributed by atoms with Crippen molar-refractivity contribution in [3.63, 3.8) is 0 Å². The van der Waals surface area contributed by atoms with Crippen molar-refractivity contribution in [2.75, 3.05) is 6.54 Å². The van der Waals surface area contributed by atoms with Gasteiger partial charge in [0.15, 0.2) is 0 Å². The van der Waals surface area contributed by atoms with Gasteiger partial charge in [-0.25, -0.2) is 0 Å². The van der Waals surface area contributed by atoms with Crippen LogP contribution < -0.4 is 5.32 Å². The molecule has 0 radical (unpaired) electrons. The van der Waals surface area contributed by atoms with E-state index in [1.165, 1.54) is 23.4 Å². The Morgan fingerprint density at radius 3 is 3.08 bits per heavy atom. The lowest BCUT2D eigenvalue weighted by atomic mass is 10.0. The zero-order valence-electron chi connectivity index (χ0n) is 7.93. The first-order valence-electron chi connectivity index (χ1n) is 5.13. The lowest BCUT2D eigenvalue weighted by Gasteiger charge is -2.12. The Morgan fingerprint density at radius 2 is 2.31 bits per heavy atom. The fourth-order valence-corrected chi connectivity index (χ4v) is 2.26. The summed E-state index contributed by atoms with van der Waals surface area (Å²) in [6.45, 7) is 4.42. The van der Waals surface area contributed by atoms with Crippen LogP contribution in [0.3, 0.4) is 0 Å². The molecule has 70 valence electrons. The Morgan fingerprint density at radius 1 is 1.46 bits per heavy atom. The van der Waals surface area contributed by atoms with E-state index < -0.39 is 0 Å². The van der Waals surface area contributed by atoms with Crippen molar-refractivity contribution in [3.8, 4) is 0 Å². The molecule has 1 aromatic rings. The summed E-state index contributed by atoms with van der Waals surface area (Å²) in [6, 6.07) is 0. The number of nitrogens with one attached hydrogen (secondary N) is 2. The molecule has 1 saturated carbocycles. The van der Waals surface area contributed by atoms with Crippen LogP contribution in [0.15, 0.2) is 0 Å². The number of fused-ring (bicyclic) bond motifs is 1. The quantitative estimate of drug-likeness (QED) is 0.676. The van der Waals surface area contributed by atoms with E-state index in [9.17, 15) is 0 Å². The summed E-state index contributed by atoms with van der Waals surface area (Å²) >= 11 is 0. The zero-order valence-corrected chi connectivity index (χ0v) is 7.93. The number of nitrogens with zero attached hydrogens (tertiary/aromatic N) is 1. The number of aromatic amines is 1. The molecule has 1 aromatic heterocycles. The molecule has 0 saturated heterocycles. The molecule has 2 unspecified atom stereocenters. The fraction of sp³-hybridized carbons (Fsp3) is 0.700. The molecule has 0 spiro atoms. The standard InChI is InChI=1S/C10H15N3/c1-6-4-7(6)10-8-5-11-3-2-9(8)12-13-10/h6-7,11H,2-5H2,1H3,(H,12,13). The monoisotopic (exact) mass is 177 g/mol. The molecule has 2 aliphatic rings. The molecule has 0 amide bonds. The van der Waals surface area contributed by atoms with Gasteiger partial charge >= 0.3 is 0 Å². The van der Waals surface area contributed by atoms with Crippen LogP contribution in [0.25, 0.3) is 0 Å². The molecule has 3 rings (SSSR count). The summed E-state index contributed by atoms with van der Waals surface area (Å²) in [4.78, 5) is 0. The Kier molecular flexibility index (Phi) is 1.50. The minimum atomic E-state index is 0.750. The van der Waals surface area contributed by atoms with Gasteiger partial charge in [-0.05, 0) is 12.3 Å². The van der Waals surface area contributed by atoms with E-state index in [4.69, 9.17) is 0 Å². The van der Waals surface area contributed by atoms with Gasteiger partial charge in [-0.1, -0.05) is 6.92 Å². The second-order valence-electron chi connectivity index (χ2n) is 4.31. The van der Waals surface area contributed by atoms with Crippen LogP contribution in [0.1, 0.15) is 36.2 Å². The van der Waals surface area contributed by atoms with Crippen LogP contribution in [-0.4, -0.2) is 16.7 Å². The average Bonchev–Trinajstić information content (AvgIpc) is 2.74. The van der Waals surface area contributed by atoms with Gasteiger partial charge in [0, 0.05) is 36.7 Å². The van der Waals surface area contributed by atoms with Gasteiger partial charge in [0.1, 0.15) is 0 Å². The molecule has 3 heteroatoms. The van der Waals surface area contributed by atoms with Crippen molar-refractivity contribution in [3.05, 3.63) is 17.0 Å². The van der Waals surface area contributed by atoms with Gasteiger partial charge in [0.05, 0.1) is 5.69 Å². The molecule has 3 nitrogen and oxygen atoms in total. The summed E-state index contributed by atoms with van der Waals surface area (Å²) in [5.41, 5.74) is 4.17. The number of rotatable bonds is 1. The maximum Gasteiger partial charge on any atom is 0.0703 e. The molecule has 0 aromatic carbocycles. The third-order valence-electron chi connectivity index (χ3n) is 3.30. The van der Waals surface area contributed by atoms with Crippen molar-refractivity contribution in [2.24, 2.45) is 5.92 Å². The van der Waals surface area contributed by atoms with Gasteiger partial charge in [-0.15, -0.1) is 0 Å². The first-order chi connectivity index (χ1) is 6.36. The minimum absolute atomic E-state index is 0.750. The van der Waals surface area contributed by atoms with E-state index in [-0.39, 0.29) is 0 Å². The average molecular weight is 177 g/mol. The van der Waals surface area contributed by atoms with Gasteiger partial charge in [-0.2, -0.15) is 5.10 Å². The fourth-order valence-electron chi connectivity index (χ4n) is 2.26. The van der Waals surface area contributed by atoms with E-state index in [0.29, 0.717) is 0 Å². The Hall–Kier alpha value is -0.830. The number of hydrogen-bond acceptors (Lipinski definition) is 2. The lowest BCUT2D eigenvalue weighted by Crippen LogP contribution is -2.23. The van der Waals surface area contributed by atoms with Gasteiger partial charge in [0.25, 0.3) is 0 Å². The highest BCUT2D eigenvalue weighted by Gasteiger charge is 2.38. The molecule has 2 heterocycles. The summed E-state index contributed by atoms with van der Waals surface area (Å²) in [7, 11) is 0. The van der Waals surface area contributed by atoms with E-state index in [0.717, 1.165) is 31.3 Å². The van der Waals surface area contributed by atoms with Crippen molar-refractivity contribution in [1.82, 2.24) is 15.5 Å². The number of hydrogen-bond donors (Lipinski definition) is 2. The topological polar surface area (TPSA) is 40.7 Å². The lowest BCUT2D eigenvalue weighted by molar-refractivity contribution is 0.633. The highest BCUT2D eigenvalue weighted by Crippen LogP contribution is 2.47. The number of aromatic nitrogens is 2. The highest BCUT2D eigenvalue weighted by molar-refractivity contribution is 5.33. The molecule has 2 atom stereocenters. The third kappa shape index (κ3) is 1.10. The molecular formula is C10H15N3. The number of H-pyrrole nitrogens is 1. The van der Waals surface area contributed by atoms with Gasteiger partial charge in [-0.3, -0.25) is 5.10 Å². The molecule has 1 aliphatic heterocycles. The van der Waals surface area contributed by atoms with Crippen LogP contribution in [0, 0.1) is 5.92 Å². The van der Waals surface area contributed by atoms with E-state index >= 15 is 0 Å². The summed E-state index contributed by atoms with van der Waals surface area (Å²) < 4.78 is 0. The van der Waals surface area contributed by atoms with Crippen molar-refractivity contribution >= 4 is 0 Å². The van der Waals surface area contributed by atoms with Crippen molar-refractivity contribution in [2.45, 2.75) is 32.2 Å². The Balaban J connectivity index is 1.97.